The van der Waals surface area contributed by atoms with Crippen LogP contribution in [0.1, 0.15) is 12.6 Å². The molecule has 0 radical (unpaired) electrons. The highest BCUT2D eigenvalue weighted by atomic mass is 16.2. The van der Waals surface area contributed by atoms with Gasteiger partial charge in [0.25, 0.3) is 0 Å². The molecule has 0 aromatic carbocycles. The second kappa shape index (κ2) is 5.12. The van der Waals surface area contributed by atoms with Crippen molar-refractivity contribution < 1.29 is 4.79 Å². The highest BCUT2D eigenvalue weighted by Crippen LogP contribution is 2.04. The topological polar surface area (TPSA) is 52.2 Å². The number of hydrogen-bond acceptors (Lipinski definition) is 3. The van der Waals surface area contributed by atoms with Gasteiger partial charge in [-0.2, -0.15) is 5.10 Å². The summed E-state index contributed by atoms with van der Waals surface area (Å²) < 4.78 is 0. The Morgan fingerprint density at radius 1 is 1.44 bits per heavy atom. The van der Waals surface area contributed by atoms with E-state index in [4.69, 9.17) is 0 Å². The molecule has 0 spiro atoms. The second-order valence-electron chi connectivity index (χ2n) is 4.07. The van der Waals surface area contributed by atoms with Crippen molar-refractivity contribution in [2.75, 3.05) is 32.7 Å². The molecule has 0 aliphatic carbocycles. The number of hydrogen-bond donors (Lipinski definition) is 1. The number of aromatic amines is 1. The average Bonchev–Trinajstić information content (AvgIpc) is 2.82. The minimum absolute atomic E-state index is 0.194. The van der Waals surface area contributed by atoms with Gasteiger partial charge in [0.05, 0.1) is 6.42 Å². The van der Waals surface area contributed by atoms with Crippen LogP contribution in [0.4, 0.5) is 0 Å². The first-order valence-electron chi connectivity index (χ1n) is 5.78. The zero-order valence-corrected chi connectivity index (χ0v) is 9.65. The van der Waals surface area contributed by atoms with Crippen LogP contribution in [0.2, 0.25) is 0 Å². The average molecular weight is 222 g/mol. The molecule has 1 amide bonds. The number of nitrogens with one attached hydrogen (secondary N) is 1. The van der Waals surface area contributed by atoms with Crippen LogP contribution in [-0.2, 0) is 11.2 Å². The first-order valence-corrected chi connectivity index (χ1v) is 5.78. The Labute approximate surface area is 95.4 Å². The van der Waals surface area contributed by atoms with Crippen molar-refractivity contribution in [2.24, 2.45) is 0 Å². The van der Waals surface area contributed by atoms with E-state index in [0.29, 0.717) is 6.42 Å². The fraction of sp³-hybridized carbons (Fsp3) is 0.636. The SMILES string of the molecule is CCN1CCN(C(=O)Cc2ccn[nH]2)CC1. The van der Waals surface area contributed by atoms with Gasteiger partial charge < -0.3 is 9.80 Å². The van der Waals surface area contributed by atoms with Crippen LogP contribution in [-0.4, -0.2) is 58.6 Å². The molecule has 1 N–H and O–H groups in total. The van der Waals surface area contributed by atoms with Crippen molar-refractivity contribution in [3.63, 3.8) is 0 Å². The van der Waals surface area contributed by atoms with E-state index >= 15 is 0 Å². The minimum Gasteiger partial charge on any atom is -0.340 e. The van der Waals surface area contributed by atoms with E-state index in [9.17, 15) is 4.79 Å². The van der Waals surface area contributed by atoms with Gasteiger partial charge in [0, 0.05) is 38.1 Å². The third-order valence-electron chi connectivity index (χ3n) is 3.07. The summed E-state index contributed by atoms with van der Waals surface area (Å²) in [6.07, 6.45) is 2.11. The van der Waals surface area contributed by atoms with Gasteiger partial charge in [-0.1, -0.05) is 6.92 Å². The fourth-order valence-electron chi connectivity index (χ4n) is 1.97. The molecule has 1 aliphatic heterocycles. The van der Waals surface area contributed by atoms with E-state index in [1.54, 1.807) is 6.20 Å². The maximum absolute atomic E-state index is 11.9. The third-order valence-corrected chi connectivity index (χ3v) is 3.07. The number of H-pyrrole nitrogens is 1. The number of piperazine rings is 1. The van der Waals surface area contributed by atoms with Gasteiger partial charge in [0.1, 0.15) is 0 Å². The predicted molar refractivity (Wildman–Crippen MR) is 61.0 cm³/mol. The minimum atomic E-state index is 0.194. The Morgan fingerprint density at radius 3 is 2.75 bits per heavy atom. The van der Waals surface area contributed by atoms with Gasteiger partial charge >= 0.3 is 0 Å². The van der Waals surface area contributed by atoms with Gasteiger partial charge in [-0.15, -0.1) is 0 Å². The molecule has 5 nitrogen and oxygen atoms in total. The summed E-state index contributed by atoms with van der Waals surface area (Å²) in [6.45, 7) is 6.91. The quantitative estimate of drug-likeness (QED) is 0.790. The Balaban J connectivity index is 1.82. The molecule has 0 unspecified atom stereocenters. The van der Waals surface area contributed by atoms with Crippen LogP contribution in [0, 0.1) is 0 Å². The Hall–Kier alpha value is -1.36. The normalized spacial score (nSPS) is 17.7. The number of likely N-dealkylation sites (N-methyl/N-ethyl adjacent to an activating group) is 1. The van der Waals surface area contributed by atoms with Crippen LogP contribution in [0.25, 0.3) is 0 Å². The van der Waals surface area contributed by atoms with E-state index in [0.717, 1.165) is 38.4 Å². The van der Waals surface area contributed by atoms with Gasteiger partial charge in [-0.3, -0.25) is 9.89 Å². The maximum Gasteiger partial charge on any atom is 0.228 e. The number of carbonyl (C=O) groups is 1. The number of nitrogens with zero attached hydrogens (tertiary/aromatic N) is 3. The monoisotopic (exact) mass is 222 g/mol. The number of carbonyl (C=O) groups excluding carboxylic acids is 1. The van der Waals surface area contributed by atoms with Crippen LogP contribution in [0.5, 0.6) is 0 Å². The van der Waals surface area contributed by atoms with Crippen molar-refractivity contribution >= 4 is 5.91 Å². The molecule has 1 aliphatic rings. The molecule has 1 aromatic heterocycles. The summed E-state index contributed by atoms with van der Waals surface area (Å²) in [7, 11) is 0. The van der Waals surface area contributed by atoms with Crippen molar-refractivity contribution in [1.82, 2.24) is 20.0 Å². The van der Waals surface area contributed by atoms with Gasteiger partial charge in [0.15, 0.2) is 0 Å². The molecule has 2 rings (SSSR count). The standard InChI is InChI=1S/C11H18N4O/c1-2-14-5-7-15(8-6-14)11(16)9-10-3-4-12-13-10/h3-4H,2,5-9H2,1H3,(H,12,13). The van der Waals surface area contributed by atoms with Gasteiger partial charge in [0.2, 0.25) is 5.91 Å². The van der Waals surface area contributed by atoms with Crippen molar-refractivity contribution in [3.8, 4) is 0 Å². The van der Waals surface area contributed by atoms with Gasteiger partial charge in [-0.05, 0) is 12.6 Å². The third kappa shape index (κ3) is 2.61. The summed E-state index contributed by atoms with van der Waals surface area (Å²) >= 11 is 0. The molecule has 0 saturated carbocycles. The molecule has 1 saturated heterocycles. The van der Waals surface area contributed by atoms with Crippen LogP contribution >= 0.6 is 0 Å². The van der Waals surface area contributed by atoms with E-state index in [1.165, 1.54) is 0 Å². The lowest BCUT2D eigenvalue weighted by molar-refractivity contribution is -0.132. The van der Waals surface area contributed by atoms with E-state index in [1.807, 2.05) is 11.0 Å². The van der Waals surface area contributed by atoms with Crippen molar-refractivity contribution in [2.45, 2.75) is 13.3 Å². The lowest BCUT2D eigenvalue weighted by atomic mass is 10.2. The lowest BCUT2D eigenvalue weighted by Crippen LogP contribution is -2.48. The van der Waals surface area contributed by atoms with Gasteiger partial charge in [-0.25, -0.2) is 0 Å². The number of rotatable bonds is 3. The summed E-state index contributed by atoms with van der Waals surface area (Å²) in [5.41, 5.74) is 0.892. The summed E-state index contributed by atoms with van der Waals surface area (Å²) in [5.74, 6) is 0.194. The smallest absolute Gasteiger partial charge is 0.228 e. The summed E-state index contributed by atoms with van der Waals surface area (Å²) in [5, 5.41) is 6.66. The first kappa shape index (κ1) is 11.1. The second-order valence-corrected chi connectivity index (χ2v) is 4.07. The molecule has 5 heteroatoms. The molecule has 88 valence electrons. The molecule has 1 aromatic rings. The van der Waals surface area contributed by atoms with Crippen molar-refractivity contribution in [1.29, 1.82) is 0 Å². The molecule has 1 fully saturated rings. The van der Waals surface area contributed by atoms with E-state index in [2.05, 4.69) is 22.0 Å². The maximum atomic E-state index is 11.9. The first-order chi connectivity index (χ1) is 7.79. The lowest BCUT2D eigenvalue weighted by Gasteiger charge is -2.34. The summed E-state index contributed by atoms with van der Waals surface area (Å²) in [6, 6.07) is 1.85. The highest BCUT2D eigenvalue weighted by molar-refractivity contribution is 5.78. The van der Waals surface area contributed by atoms with Crippen LogP contribution < -0.4 is 0 Å². The molecular weight excluding hydrogens is 204 g/mol. The molecular formula is C11H18N4O. The zero-order chi connectivity index (χ0) is 11.4. The number of amides is 1. The Kier molecular flexibility index (Phi) is 3.56. The molecule has 16 heavy (non-hydrogen) atoms. The number of aromatic nitrogens is 2. The predicted octanol–water partition coefficient (Wildman–Crippen LogP) is 0.116. The fourth-order valence-corrected chi connectivity index (χ4v) is 1.97. The van der Waals surface area contributed by atoms with E-state index in [-0.39, 0.29) is 5.91 Å². The Morgan fingerprint density at radius 2 is 2.19 bits per heavy atom. The highest BCUT2D eigenvalue weighted by Gasteiger charge is 2.20. The summed E-state index contributed by atoms with van der Waals surface area (Å²) in [4.78, 5) is 16.2. The largest absolute Gasteiger partial charge is 0.340 e. The van der Waals surface area contributed by atoms with E-state index < -0.39 is 0 Å². The van der Waals surface area contributed by atoms with Crippen molar-refractivity contribution in [3.05, 3.63) is 18.0 Å². The van der Waals surface area contributed by atoms with Crippen LogP contribution in [0.3, 0.4) is 0 Å². The zero-order valence-electron chi connectivity index (χ0n) is 9.65. The molecule has 0 bridgehead atoms. The van der Waals surface area contributed by atoms with Crippen LogP contribution in [0.15, 0.2) is 12.3 Å². The molecule has 0 atom stereocenters. The Bertz CT molecular complexity index is 328. The molecule has 2 heterocycles.